The van der Waals surface area contributed by atoms with Crippen molar-refractivity contribution in [2.24, 2.45) is 5.92 Å². The standard InChI is InChI=1S/C21H26ClN3O/c1-15-3-2-4-20(24-21(23)26)19(15)14-25-11-9-17(10-12-25)13-16-5-7-18(22)8-6-16/h2-8,17H,9-14H2,1H3,(H3,23,24,26)/p+1. The van der Waals surface area contributed by atoms with Gasteiger partial charge < -0.3 is 0 Å². The lowest BCUT2D eigenvalue weighted by atomic mass is 9.90. The van der Waals surface area contributed by atoms with Crippen molar-refractivity contribution in [2.75, 3.05) is 18.4 Å². The number of piperidine rings is 1. The van der Waals surface area contributed by atoms with Crippen LogP contribution in [0.5, 0.6) is 0 Å². The molecule has 0 unspecified atom stereocenters. The van der Waals surface area contributed by atoms with E-state index in [-0.39, 0.29) is 6.03 Å². The number of carbonyl (C=O) groups excluding carboxylic acids is 1. The summed E-state index contributed by atoms with van der Waals surface area (Å²) in [5.74, 6) is 0.725. The Kier molecular flexibility index (Phi) is 6.30. The molecule has 1 aliphatic rings. The molecule has 0 aromatic heterocycles. The van der Waals surface area contributed by atoms with Crippen molar-refractivity contribution in [3.63, 3.8) is 0 Å². The number of hydrogen-bond acceptors (Lipinski definition) is 2. The van der Waals surface area contributed by atoms with E-state index < -0.39 is 0 Å². The molecule has 3 rings (SSSR count). The van der Waals surface area contributed by atoms with Crippen LogP contribution < -0.4 is 11.1 Å². The summed E-state index contributed by atoms with van der Waals surface area (Å²) in [6, 6.07) is 14.0. The molecule has 0 bridgehead atoms. The maximum atomic E-state index is 11.4. The first-order valence-electron chi connectivity index (χ1n) is 9.19. The van der Waals surface area contributed by atoms with Gasteiger partial charge in [0.15, 0.2) is 0 Å². The number of carbonyl (C=O) groups is 1. The molecule has 0 aliphatic carbocycles. The largest absolute Gasteiger partial charge is 0.416 e. The number of likely N-dealkylation sites (tertiary alicyclic amines) is 1. The highest BCUT2D eigenvalue weighted by Gasteiger charge is 2.21. The van der Waals surface area contributed by atoms with Crippen molar-refractivity contribution in [2.45, 2.75) is 32.7 Å². The molecule has 2 aromatic carbocycles. The summed E-state index contributed by atoms with van der Waals surface area (Å²) >= 11 is 5.97. The van der Waals surface area contributed by atoms with E-state index in [4.69, 9.17) is 11.6 Å². The zero-order valence-electron chi connectivity index (χ0n) is 15.3. The Morgan fingerprint density at radius 1 is 1.19 bits per heavy atom. The average molecular weight is 373 g/mol. The molecular formula is C21H27ClN3O+. The second kappa shape index (κ2) is 8.67. The van der Waals surface area contributed by atoms with Gasteiger partial charge in [-0.3, -0.25) is 16.0 Å². The van der Waals surface area contributed by atoms with Crippen LogP contribution in [0.3, 0.4) is 0 Å². The first kappa shape index (κ1) is 18.9. The number of nitrogens with zero attached hydrogens (tertiary/aromatic N) is 1. The quantitative estimate of drug-likeness (QED) is 0.836. The minimum atomic E-state index is -0.265. The molecular weight excluding hydrogens is 346 g/mol. The second-order valence-corrected chi connectivity index (χ2v) is 7.64. The summed E-state index contributed by atoms with van der Waals surface area (Å²) < 4.78 is 0. The van der Waals surface area contributed by atoms with Gasteiger partial charge in [-0.25, -0.2) is 4.79 Å². The van der Waals surface area contributed by atoms with Gasteiger partial charge in [-0.05, 0) is 80.1 Å². The molecule has 1 heterocycles. The van der Waals surface area contributed by atoms with Gasteiger partial charge >= 0.3 is 6.03 Å². The third-order valence-electron chi connectivity index (χ3n) is 5.21. The SMILES string of the molecule is Cc1cccc(NC([NH3+])=O)c1CN1CCC(Cc2ccc(Cl)cc2)CC1. The van der Waals surface area contributed by atoms with Crippen LogP contribution in [-0.4, -0.2) is 24.0 Å². The van der Waals surface area contributed by atoms with Crippen LogP contribution >= 0.6 is 11.6 Å². The van der Waals surface area contributed by atoms with Gasteiger partial charge in [0, 0.05) is 11.6 Å². The summed E-state index contributed by atoms with van der Waals surface area (Å²) in [5.41, 5.74) is 8.09. The third kappa shape index (κ3) is 5.07. The van der Waals surface area contributed by atoms with Crippen LogP contribution in [0.25, 0.3) is 0 Å². The number of nitrogens with one attached hydrogen (secondary N) is 1. The maximum Gasteiger partial charge on any atom is 0.416 e. The van der Waals surface area contributed by atoms with E-state index in [2.05, 4.69) is 41.1 Å². The molecule has 1 aliphatic heterocycles. The minimum Gasteiger partial charge on any atom is -0.299 e. The molecule has 1 saturated heterocycles. The number of amides is 2. The Balaban J connectivity index is 1.57. The van der Waals surface area contributed by atoms with Crippen molar-refractivity contribution in [3.05, 3.63) is 64.2 Å². The van der Waals surface area contributed by atoms with E-state index in [0.717, 1.165) is 42.7 Å². The fourth-order valence-electron chi connectivity index (χ4n) is 3.71. The number of benzene rings is 2. The molecule has 4 N–H and O–H groups in total. The average Bonchev–Trinajstić information content (AvgIpc) is 2.61. The molecule has 2 amide bonds. The Labute approximate surface area is 160 Å². The molecule has 2 aromatic rings. The zero-order valence-corrected chi connectivity index (χ0v) is 16.1. The van der Waals surface area contributed by atoms with Crippen LogP contribution in [0.2, 0.25) is 5.02 Å². The molecule has 138 valence electrons. The summed E-state index contributed by atoms with van der Waals surface area (Å²) in [6.45, 7) is 5.14. The fraction of sp³-hybridized carbons (Fsp3) is 0.381. The summed E-state index contributed by atoms with van der Waals surface area (Å²) in [6.07, 6.45) is 3.52. The molecule has 26 heavy (non-hydrogen) atoms. The number of rotatable bonds is 5. The zero-order chi connectivity index (χ0) is 18.5. The van der Waals surface area contributed by atoms with Gasteiger partial charge in [0.1, 0.15) is 0 Å². The number of urea groups is 1. The lowest BCUT2D eigenvalue weighted by Gasteiger charge is -2.32. The Morgan fingerprint density at radius 3 is 2.54 bits per heavy atom. The number of quaternary nitrogens is 1. The molecule has 0 atom stereocenters. The van der Waals surface area contributed by atoms with Gasteiger partial charge in [0.25, 0.3) is 0 Å². The predicted octanol–water partition coefficient (Wildman–Crippen LogP) is 3.88. The van der Waals surface area contributed by atoms with Crippen molar-refractivity contribution < 1.29 is 10.5 Å². The van der Waals surface area contributed by atoms with Gasteiger partial charge in [0.05, 0.1) is 5.69 Å². The van der Waals surface area contributed by atoms with Crippen LogP contribution in [-0.2, 0) is 13.0 Å². The Morgan fingerprint density at radius 2 is 1.88 bits per heavy atom. The van der Waals surface area contributed by atoms with E-state index in [1.54, 1.807) is 0 Å². The van der Waals surface area contributed by atoms with Gasteiger partial charge in [0.2, 0.25) is 0 Å². The summed E-state index contributed by atoms with van der Waals surface area (Å²) in [5, 5.41) is 3.66. The monoisotopic (exact) mass is 372 g/mol. The topological polar surface area (TPSA) is 60.0 Å². The molecule has 5 heteroatoms. The van der Waals surface area contributed by atoms with E-state index in [1.165, 1.54) is 29.5 Å². The van der Waals surface area contributed by atoms with E-state index in [1.807, 2.05) is 24.3 Å². The van der Waals surface area contributed by atoms with E-state index >= 15 is 0 Å². The summed E-state index contributed by atoms with van der Waals surface area (Å²) in [7, 11) is 0. The van der Waals surface area contributed by atoms with Crippen molar-refractivity contribution in [1.29, 1.82) is 0 Å². The third-order valence-corrected chi connectivity index (χ3v) is 5.46. The highest BCUT2D eigenvalue weighted by atomic mass is 35.5. The van der Waals surface area contributed by atoms with E-state index in [0.29, 0.717) is 0 Å². The molecule has 0 spiro atoms. The Bertz CT molecular complexity index is 752. The smallest absolute Gasteiger partial charge is 0.299 e. The van der Waals surface area contributed by atoms with Crippen molar-refractivity contribution >= 4 is 23.3 Å². The van der Waals surface area contributed by atoms with Gasteiger partial charge in [-0.2, -0.15) is 0 Å². The highest BCUT2D eigenvalue weighted by Crippen LogP contribution is 2.26. The molecule has 4 nitrogen and oxygen atoms in total. The second-order valence-electron chi connectivity index (χ2n) is 7.20. The first-order valence-corrected chi connectivity index (χ1v) is 9.57. The van der Waals surface area contributed by atoms with Crippen LogP contribution in [0, 0.1) is 12.8 Å². The molecule has 1 fully saturated rings. The normalized spacial score (nSPS) is 15.8. The highest BCUT2D eigenvalue weighted by molar-refractivity contribution is 6.30. The molecule has 0 radical (unpaired) electrons. The lowest BCUT2D eigenvalue weighted by molar-refractivity contribution is -0.242. The first-order chi connectivity index (χ1) is 12.5. The van der Waals surface area contributed by atoms with Gasteiger partial charge in [-0.15, -0.1) is 0 Å². The van der Waals surface area contributed by atoms with Crippen molar-refractivity contribution in [3.8, 4) is 0 Å². The fourth-order valence-corrected chi connectivity index (χ4v) is 3.83. The minimum absolute atomic E-state index is 0.265. The van der Waals surface area contributed by atoms with Crippen molar-refractivity contribution in [1.82, 2.24) is 4.90 Å². The van der Waals surface area contributed by atoms with E-state index in [9.17, 15) is 4.79 Å². The lowest BCUT2D eigenvalue weighted by Crippen LogP contribution is -2.59. The van der Waals surface area contributed by atoms with Crippen LogP contribution in [0.1, 0.15) is 29.5 Å². The summed E-state index contributed by atoms with van der Waals surface area (Å²) in [4.78, 5) is 13.8. The van der Waals surface area contributed by atoms with Crippen LogP contribution in [0.15, 0.2) is 42.5 Å². The van der Waals surface area contributed by atoms with Gasteiger partial charge in [-0.1, -0.05) is 35.9 Å². The van der Waals surface area contributed by atoms with Crippen LogP contribution in [0.4, 0.5) is 10.5 Å². The maximum absolute atomic E-state index is 11.4. The number of anilines is 1. The number of hydrogen-bond donors (Lipinski definition) is 2. The Hall–Kier alpha value is -1.88. The predicted molar refractivity (Wildman–Crippen MR) is 106 cm³/mol. The number of halogens is 1. The molecule has 0 saturated carbocycles. The number of aryl methyl sites for hydroxylation is 1.